The van der Waals surface area contributed by atoms with Gasteiger partial charge in [0.2, 0.25) is 11.9 Å². The maximum absolute atomic E-state index is 8.73. The number of benzene rings is 2. The quantitative estimate of drug-likeness (QED) is 0.766. The van der Waals surface area contributed by atoms with Crippen molar-refractivity contribution in [1.29, 1.82) is 5.26 Å². The van der Waals surface area contributed by atoms with E-state index >= 15 is 0 Å². The number of rotatable bonds is 4. The van der Waals surface area contributed by atoms with Gasteiger partial charge in [-0.15, -0.1) is 0 Å². The first-order valence-corrected chi connectivity index (χ1v) is 7.45. The van der Waals surface area contributed by atoms with E-state index in [1.165, 1.54) is 5.56 Å². The third-order valence-electron chi connectivity index (χ3n) is 3.46. The molecule has 2 aromatic carbocycles. The molecule has 0 atom stereocenters. The number of aryl methyl sites for hydroxylation is 1. The zero-order valence-corrected chi connectivity index (χ0v) is 13.2. The van der Waals surface area contributed by atoms with Crippen LogP contribution in [-0.2, 0) is 6.42 Å². The molecule has 3 N–H and O–H groups in total. The average Bonchev–Trinajstić information content (AvgIpc) is 2.57. The Morgan fingerprint density at radius 1 is 1.00 bits per heavy atom. The van der Waals surface area contributed by atoms with E-state index in [1.807, 2.05) is 55.5 Å². The summed E-state index contributed by atoms with van der Waals surface area (Å²) >= 11 is 0. The Labute approximate surface area is 140 Å². The van der Waals surface area contributed by atoms with E-state index in [2.05, 4.69) is 26.3 Å². The molecule has 118 valence electrons. The normalized spacial score (nSPS) is 10.2. The van der Waals surface area contributed by atoms with Gasteiger partial charge in [0.05, 0.1) is 12.5 Å². The molecule has 0 fully saturated rings. The first-order chi connectivity index (χ1) is 11.6. The number of hydrogen-bond donors (Lipinski definition) is 2. The minimum absolute atomic E-state index is 0.149. The second kappa shape index (κ2) is 6.75. The predicted octanol–water partition coefficient (Wildman–Crippen LogP) is 3.24. The number of nitriles is 1. The van der Waals surface area contributed by atoms with Crippen LogP contribution in [0, 0.1) is 18.3 Å². The smallest absolute Gasteiger partial charge is 0.232 e. The van der Waals surface area contributed by atoms with Crippen molar-refractivity contribution in [2.45, 2.75) is 13.3 Å². The fourth-order valence-electron chi connectivity index (χ4n) is 2.21. The molecule has 24 heavy (non-hydrogen) atoms. The SMILES string of the molecule is Cc1ccc(Nc2nc(N)nc(-c3ccc(CC#N)cc3)n2)cc1. The molecule has 0 saturated carbocycles. The number of nitrogens with zero attached hydrogens (tertiary/aromatic N) is 4. The van der Waals surface area contributed by atoms with E-state index < -0.39 is 0 Å². The second-order valence-electron chi connectivity index (χ2n) is 5.36. The van der Waals surface area contributed by atoms with Gasteiger partial charge in [-0.2, -0.15) is 20.2 Å². The van der Waals surface area contributed by atoms with Gasteiger partial charge in [0.25, 0.3) is 0 Å². The molecule has 1 heterocycles. The summed E-state index contributed by atoms with van der Waals surface area (Å²) in [5.41, 5.74) is 9.62. The summed E-state index contributed by atoms with van der Waals surface area (Å²) in [5.74, 6) is 1.03. The van der Waals surface area contributed by atoms with Gasteiger partial charge in [0.15, 0.2) is 5.82 Å². The first kappa shape index (κ1) is 15.4. The van der Waals surface area contributed by atoms with Crippen molar-refractivity contribution >= 4 is 17.6 Å². The third kappa shape index (κ3) is 3.65. The molecule has 6 heteroatoms. The maximum Gasteiger partial charge on any atom is 0.232 e. The summed E-state index contributed by atoms with van der Waals surface area (Å²) in [6.07, 6.45) is 0.375. The third-order valence-corrected chi connectivity index (χ3v) is 3.46. The van der Waals surface area contributed by atoms with Crippen LogP contribution in [-0.4, -0.2) is 15.0 Å². The van der Waals surface area contributed by atoms with Crippen LogP contribution >= 0.6 is 0 Å². The van der Waals surface area contributed by atoms with Crippen LogP contribution in [0.2, 0.25) is 0 Å². The van der Waals surface area contributed by atoms with E-state index in [0.29, 0.717) is 18.2 Å². The monoisotopic (exact) mass is 316 g/mol. The zero-order chi connectivity index (χ0) is 16.9. The minimum atomic E-state index is 0.149. The van der Waals surface area contributed by atoms with Crippen molar-refractivity contribution in [2.24, 2.45) is 0 Å². The number of nitrogens with one attached hydrogen (secondary N) is 1. The average molecular weight is 316 g/mol. The Morgan fingerprint density at radius 3 is 2.38 bits per heavy atom. The highest BCUT2D eigenvalue weighted by Crippen LogP contribution is 2.20. The van der Waals surface area contributed by atoms with Crippen LogP contribution in [0.1, 0.15) is 11.1 Å². The lowest BCUT2D eigenvalue weighted by Gasteiger charge is -2.08. The molecule has 0 aliphatic carbocycles. The largest absolute Gasteiger partial charge is 0.368 e. The standard InChI is InChI=1S/C18H16N6/c1-12-2-8-15(9-3-12)21-18-23-16(22-17(20)24-18)14-6-4-13(5-7-14)10-11-19/h2-9H,10H2,1H3,(H3,20,21,22,23,24). The molecule has 0 aliphatic rings. The molecule has 0 spiro atoms. The van der Waals surface area contributed by atoms with Gasteiger partial charge in [0.1, 0.15) is 0 Å². The lowest BCUT2D eigenvalue weighted by atomic mass is 10.1. The summed E-state index contributed by atoms with van der Waals surface area (Å²) in [7, 11) is 0. The fourth-order valence-corrected chi connectivity index (χ4v) is 2.21. The summed E-state index contributed by atoms with van der Waals surface area (Å²) in [6.45, 7) is 2.03. The Balaban J connectivity index is 1.88. The van der Waals surface area contributed by atoms with Crippen LogP contribution in [0.4, 0.5) is 17.6 Å². The molecule has 6 nitrogen and oxygen atoms in total. The number of nitrogens with two attached hydrogens (primary N) is 1. The van der Waals surface area contributed by atoms with Crippen molar-refractivity contribution in [1.82, 2.24) is 15.0 Å². The van der Waals surface area contributed by atoms with Gasteiger partial charge in [-0.1, -0.05) is 42.0 Å². The topological polar surface area (TPSA) is 101 Å². The second-order valence-corrected chi connectivity index (χ2v) is 5.36. The van der Waals surface area contributed by atoms with Crippen LogP contribution in [0.5, 0.6) is 0 Å². The van der Waals surface area contributed by atoms with Crippen LogP contribution in [0.25, 0.3) is 11.4 Å². The van der Waals surface area contributed by atoms with E-state index in [9.17, 15) is 0 Å². The van der Waals surface area contributed by atoms with Gasteiger partial charge in [0, 0.05) is 11.3 Å². The Bertz CT molecular complexity index is 879. The van der Waals surface area contributed by atoms with Gasteiger partial charge >= 0.3 is 0 Å². The molecule has 0 bridgehead atoms. The summed E-state index contributed by atoms with van der Waals surface area (Å²) in [4.78, 5) is 12.7. The highest BCUT2D eigenvalue weighted by molar-refractivity contribution is 5.61. The van der Waals surface area contributed by atoms with Gasteiger partial charge in [-0.25, -0.2) is 0 Å². The molecule has 1 aromatic heterocycles. The number of anilines is 3. The summed E-state index contributed by atoms with van der Waals surface area (Å²) < 4.78 is 0. The molecule has 0 unspecified atom stereocenters. The Kier molecular flexibility index (Phi) is 4.34. The van der Waals surface area contributed by atoms with E-state index in [0.717, 1.165) is 16.8 Å². The van der Waals surface area contributed by atoms with Crippen molar-refractivity contribution in [2.75, 3.05) is 11.1 Å². The molecule has 3 aromatic rings. The van der Waals surface area contributed by atoms with Crippen LogP contribution in [0.15, 0.2) is 48.5 Å². The van der Waals surface area contributed by atoms with Crippen LogP contribution < -0.4 is 11.1 Å². The molecular formula is C18H16N6. The lowest BCUT2D eigenvalue weighted by Crippen LogP contribution is -2.05. The van der Waals surface area contributed by atoms with Gasteiger partial charge in [-0.3, -0.25) is 0 Å². The fraction of sp³-hybridized carbons (Fsp3) is 0.111. The molecule has 0 amide bonds. The summed E-state index contributed by atoms with van der Waals surface area (Å²) in [6, 6.07) is 17.5. The Morgan fingerprint density at radius 2 is 1.71 bits per heavy atom. The van der Waals surface area contributed by atoms with Crippen LogP contribution in [0.3, 0.4) is 0 Å². The van der Waals surface area contributed by atoms with E-state index in [1.54, 1.807) is 0 Å². The van der Waals surface area contributed by atoms with Gasteiger partial charge < -0.3 is 11.1 Å². The van der Waals surface area contributed by atoms with Crippen molar-refractivity contribution in [3.63, 3.8) is 0 Å². The van der Waals surface area contributed by atoms with E-state index in [4.69, 9.17) is 11.0 Å². The van der Waals surface area contributed by atoms with Crippen molar-refractivity contribution in [3.05, 3.63) is 59.7 Å². The maximum atomic E-state index is 8.73. The van der Waals surface area contributed by atoms with Crippen molar-refractivity contribution in [3.8, 4) is 17.5 Å². The highest BCUT2D eigenvalue weighted by atomic mass is 15.2. The number of hydrogen-bond acceptors (Lipinski definition) is 6. The molecule has 0 radical (unpaired) electrons. The zero-order valence-electron chi connectivity index (χ0n) is 13.2. The molecule has 0 aliphatic heterocycles. The predicted molar refractivity (Wildman–Crippen MR) is 93.5 cm³/mol. The first-order valence-electron chi connectivity index (χ1n) is 7.45. The van der Waals surface area contributed by atoms with Crippen molar-refractivity contribution < 1.29 is 0 Å². The number of nitrogen functional groups attached to an aromatic ring is 1. The summed E-state index contributed by atoms with van der Waals surface area (Å²) in [5, 5.41) is 11.9. The highest BCUT2D eigenvalue weighted by Gasteiger charge is 2.07. The molecule has 3 rings (SSSR count). The van der Waals surface area contributed by atoms with Gasteiger partial charge in [-0.05, 0) is 24.6 Å². The lowest BCUT2D eigenvalue weighted by molar-refractivity contribution is 1.08. The molecular weight excluding hydrogens is 300 g/mol. The molecule has 0 saturated heterocycles. The van der Waals surface area contributed by atoms with E-state index in [-0.39, 0.29) is 5.95 Å². The Hall–Kier alpha value is -3.46. The minimum Gasteiger partial charge on any atom is -0.368 e. The number of aromatic nitrogens is 3.